The van der Waals surface area contributed by atoms with E-state index in [4.69, 9.17) is 4.74 Å². The van der Waals surface area contributed by atoms with Crippen molar-refractivity contribution in [1.82, 2.24) is 19.7 Å². The molecule has 1 atom stereocenters. The van der Waals surface area contributed by atoms with Crippen LogP contribution < -0.4 is 4.74 Å². The monoisotopic (exact) mass is 474 g/mol. The van der Waals surface area contributed by atoms with E-state index in [0.717, 1.165) is 37.2 Å². The molecule has 3 heterocycles. The summed E-state index contributed by atoms with van der Waals surface area (Å²) in [5, 5.41) is 1.30. The molecule has 2 saturated heterocycles. The molecule has 35 heavy (non-hydrogen) atoms. The van der Waals surface area contributed by atoms with Crippen molar-refractivity contribution < 1.29 is 14.3 Å². The topological polar surface area (TPSA) is 68.9 Å². The molecule has 7 heteroatoms. The van der Waals surface area contributed by atoms with Gasteiger partial charge in [-0.25, -0.2) is 4.79 Å². The summed E-state index contributed by atoms with van der Waals surface area (Å²) in [7, 11) is 3.40. The number of H-pyrrole nitrogens is 1. The molecule has 0 saturated carbocycles. The number of aromatic nitrogens is 1. The number of aromatic amines is 1. The van der Waals surface area contributed by atoms with Gasteiger partial charge in [0.2, 0.25) is 0 Å². The number of benzene rings is 2. The Kier molecular flexibility index (Phi) is 6.28. The maximum Gasteiger partial charge on any atom is 0.327 e. The number of carbonyl (C=O) groups excluding carboxylic acids is 2. The molecule has 1 N–H and O–H groups in total. The van der Waals surface area contributed by atoms with E-state index in [9.17, 15) is 9.59 Å². The number of urea groups is 1. The predicted molar refractivity (Wildman–Crippen MR) is 136 cm³/mol. The van der Waals surface area contributed by atoms with E-state index in [1.165, 1.54) is 21.4 Å². The minimum atomic E-state index is -0.726. The number of piperidine rings is 1. The van der Waals surface area contributed by atoms with Crippen LogP contribution in [0.2, 0.25) is 0 Å². The summed E-state index contributed by atoms with van der Waals surface area (Å²) < 4.78 is 5.21. The Morgan fingerprint density at radius 1 is 1.06 bits per heavy atom. The molecule has 1 aromatic heterocycles. The van der Waals surface area contributed by atoms with Crippen molar-refractivity contribution in [3.8, 4) is 5.75 Å². The van der Waals surface area contributed by atoms with Crippen molar-refractivity contribution in [2.75, 3.05) is 27.2 Å². The molecule has 3 amide bonds. The Morgan fingerprint density at radius 3 is 2.49 bits per heavy atom. The number of nitrogens with one attached hydrogen (secondary N) is 1. The van der Waals surface area contributed by atoms with Crippen molar-refractivity contribution >= 4 is 22.8 Å². The number of rotatable bonds is 7. The minimum Gasteiger partial charge on any atom is -0.497 e. The molecule has 2 aliphatic rings. The summed E-state index contributed by atoms with van der Waals surface area (Å²) in [5.74, 6) is 0.694. The number of hydrogen-bond donors (Lipinski definition) is 1. The molecule has 2 fully saturated rings. The number of hydrogen-bond acceptors (Lipinski definition) is 4. The van der Waals surface area contributed by atoms with Crippen LogP contribution in [0.25, 0.3) is 10.9 Å². The molecule has 1 spiro atoms. The van der Waals surface area contributed by atoms with Gasteiger partial charge in [-0.3, -0.25) is 9.69 Å². The summed E-state index contributed by atoms with van der Waals surface area (Å²) in [5.41, 5.74) is 2.73. The molecule has 2 aliphatic heterocycles. The van der Waals surface area contributed by atoms with E-state index in [-0.39, 0.29) is 11.9 Å². The number of imide groups is 1. The van der Waals surface area contributed by atoms with E-state index in [1.54, 1.807) is 19.1 Å². The van der Waals surface area contributed by atoms with Gasteiger partial charge in [-0.15, -0.1) is 0 Å². The van der Waals surface area contributed by atoms with Crippen LogP contribution in [0.15, 0.2) is 54.7 Å². The second kappa shape index (κ2) is 9.38. The van der Waals surface area contributed by atoms with Crippen LogP contribution in [0.1, 0.15) is 37.3 Å². The highest BCUT2D eigenvalue weighted by Crippen LogP contribution is 2.37. The molecule has 7 nitrogen and oxygen atoms in total. The van der Waals surface area contributed by atoms with Gasteiger partial charge in [0, 0.05) is 43.3 Å². The molecular weight excluding hydrogens is 440 g/mol. The number of methoxy groups -OCH3 is 1. The van der Waals surface area contributed by atoms with E-state index in [1.807, 2.05) is 24.3 Å². The fraction of sp³-hybridized carbons (Fsp3) is 0.429. The fourth-order valence-electron chi connectivity index (χ4n) is 5.67. The highest BCUT2D eigenvalue weighted by Gasteiger charge is 2.56. The second-order valence-electron chi connectivity index (χ2n) is 9.90. The Labute approximate surface area is 206 Å². The van der Waals surface area contributed by atoms with Crippen LogP contribution in [0.5, 0.6) is 5.75 Å². The van der Waals surface area contributed by atoms with Crippen LogP contribution in [0, 0.1) is 0 Å². The summed E-state index contributed by atoms with van der Waals surface area (Å²) in [6.45, 7) is 4.19. The smallest absolute Gasteiger partial charge is 0.327 e. The lowest BCUT2D eigenvalue weighted by atomic mass is 9.85. The molecule has 0 radical (unpaired) electrons. The molecule has 5 rings (SSSR count). The van der Waals surface area contributed by atoms with Crippen LogP contribution in [0.3, 0.4) is 0 Å². The first-order chi connectivity index (χ1) is 16.9. The highest BCUT2D eigenvalue weighted by molar-refractivity contribution is 6.07. The Morgan fingerprint density at radius 2 is 1.77 bits per heavy atom. The van der Waals surface area contributed by atoms with Gasteiger partial charge in [-0.1, -0.05) is 30.3 Å². The zero-order chi connectivity index (χ0) is 24.6. The lowest BCUT2D eigenvalue weighted by Gasteiger charge is -2.43. The zero-order valence-electron chi connectivity index (χ0n) is 20.8. The van der Waals surface area contributed by atoms with Crippen molar-refractivity contribution in [2.45, 2.75) is 50.7 Å². The molecule has 1 unspecified atom stereocenters. The van der Waals surface area contributed by atoms with E-state index in [2.05, 4.69) is 47.3 Å². The zero-order valence-corrected chi connectivity index (χ0v) is 20.8. The molecule has 3 aromatic rings. The van der Waals surface area contributed by atoms with E-state index < -0.39 is 5.54 Å². The number of likely N-dealkylation sites (N-methyl/N-ethyl adjacent to an activating group) is 1. The van der Waals surface area contributed by atoms with Gasteiger partial charge in [0.15, 0.2) is 0 Å². The molecule has 0 bridgehead atoms. The highest BCUT2D eigenvalue weighted by atomic mass is 16.5. The number of para-hydroxylation sites is 1. The van der Waals surface area contributed by atoms with E-state index in [0.29, 0.717) is 25.4 Å². The third-order valence-electron chi connectivity index (χ3n) is 8.06. The normalized spacial score (nSPS) is 19.2. The first-order valence-corrected chi connectivity index (χ1v) is 12.4. The fourth-order valence-corrected chi connectivity index (χ4v) is 5.67. The van der Waals surface area contributed by atoms with Gasteiger partial charge in [0.05, 0.1) is 13.7 Å². The predicted octanol–water partition coefficient (Wildman–Crippen LogP) is 4.43. The van der Waals surface area contributed by atoms with Crippen molar-refractivity contribution in [3.05, 3.63) is 65.9 Å². The summed E-state index contributed by atoms with van der Waals surface area (Å²) in [6, 6.07) is 16.2. The van der Waals surface area contributed by atoms with Crippen molar-refractivity contribution in [2.24, 2.45) is 0 Å². The van der Waals surface area contributed by atoms with E-state index >= 15 is 0 Å². The van der Waals surface area contributed by atoms with Gasteiger partial charge in [0.1, 0.15) is 11.3 Å². The van der Waals surface area contributed by atoms with Gasteiger partial charge in [-0.05, 0) is 61.9 Å². The quantitative estimate of drug-likeness (QED) is 0.515. The number of nitrogens with zero attached hydrogens (tertiary/aromatic N) is 3. The maximum absolute atomic E-state index is 13.5. The van der Waals surface area contributed by atoms with Crippen molar-refractivity contribution in [3.63, 3.8) is 0 Å². The first kappa shape index (κ1) is 23.4. The van der Waals surface area contributed by atoms with Gasteiger partial charge in [-0.2, -0.15) is 0 Å². The number of likely N-dealkylation sites (tertiary alicyclic amines) is 1. The standard InChI is InChI=1S/C28H34N4O3/c1-20(8-11-22-18-29-25-7-5-4-6-24(22)25)31-16-14-28(15-17-31)26(33)32(27(34)30(28)2)19-21-9-12-23(35-3)13-10-21/h4-7,9-10,12-13,18,20,29H,8,11,14-17,19H2,1-3H3. The number of ether oxygens (including phenoxy) is 1. The summed E-state index contributed by atoms with van der Waals surface area (Å²) in [6.07, 6.45) is 5.54. The summed E-state index contributed by atoms with van der Waals surface area (Å²) >= 11 is 0. The second-order valence-corrected chi connectivity index (χ2v) is 9.90. The number of carbonyl (C=O) groups is 2. The Bertz CT molecular complexity index is 1210. The van der Waals surface area contributed by atoms with Crippen LogP contribution in [-0.4, -0.2) is 70.4 Å². The molecule has 184 valence electrons. The number of aryl methyl sites for hydroxylation is 1. The van der Waals surface area contributed by atoms with Gasteiger partial charge < -0.3 is 19.5 Å². The number of amides is 3. The van der Waals surface area contributed by atoms with Gasteiger partial charge >= 0.3 is 6.03 Å². The Balaban J connectivity index is 1.20. The van der Waals surface area contributed by atoms with Crippen LogP contribution in [0.4, 0.5) is 4.79 Å². The third kappa shape index (κ3) is 4.18. The lowest BCUT2D eigenvalue weighted by Crippen LogP contribution is -2.56. The van der Waals surface area contributed by atoms with Gasteiger partial charge in [0.25, 0.3) is 5.91 Å². The average molecular weight is 475 g/mol. The lowest BCUT2D eigenvalue weighted by molar-refractivity contribution is -0.135. The SMILES string of the molecule is COc1ccc(CN2C(=O)N(C)C3(CCN(C(C)CCc4c[nH]c5ccccc45)CC3)C2=O)cc1. The Hall–Kier alpha value is -3.32. The molecular formula is C28H34N4O3. The first-order valence-electron chi connectivity index (χ1n) is 12.4. The van der Waals surface area contributed by atoms with Crippen LogP contribution >= 0.6 is 0 Å². The van der Waals surface area contributed by atoms with Crippen LogP contribution in [-0.2, 0) is 17.8 Å². The third-order valence-corrected chi connectivity index (χ3v) is 8.06. The maximum atomic E-state index is 13.5. The summed E-state index contributed by atoms with van der Waals surface area (Å²) in [4.78, 5) is 35.5. The van der Waals surface area contributed by atoms with Crippen molar-refractivity contribution in [1.29, 1.82) is 0 Å². The largest absolute Gasteiger partial charge is 0.497 e. The average Bonchev–Trinajstić information content (AvgIpc) is 3.38. The number of fused-ring (bicyclic) bond motifs is 1. The minimum absolute atomic E-state index is 0.0630. The molecule has 0 aliphatic carbocycles. The molecule has 2 aromatic carbocycles.